The van der Waals surface area contributed by atoms with E-state index in [0.29, 0.717) is 6.54 Å². The van der Waals surface area contributed by atoms with Crippen LogP contribution in [-0.4, -0.2) is 42.4 Å². The predicted octanol–water partition coefficient (Wildman–Crippen LogP) is 2.17. The zero-order chi connectivity index (χ0) is 20.8. The molecule has 3 amide bonds. The minimum absolute atomic E-state index is 0.111. The zero-order valence-corrected chi connectivity index (χ0v) is 16.6. The van der Waals surface area contributed by atoms with Gasteiger partial charge >= 0.3 is 6.09 Å². The monoisotopic (exact) mass is 395 g/mol. The molecule has 0 saturated heterocycles. The number of likely N-dealkylation sites (N-methyl/N-ethyl adjacent to an activating group) is 1. The van der Waals surface area contributed by atoms with E-state index in [4.69, 9.17) is 4.74 Å². The van der Waals surface area contributed by atoms with Crippen molar-refractivity contribution < 1.29 is 19.1 Å². The molecule has 152 valence electrons. The summed E-state index contributed by atoms with van der Waals surface area (Å²) in [6.07, 6.45) is 0.0333. The summed E-state index contributed by atoms with van der Waals surface area (Å²) < 4.78 is 5.15. The molecule has 1 aliphatic rings. The van der Waals surface area contributed by atoms with Crippen LogP contribution in [-0.2, 0) is 27.4 Å². The standard InChI is InChI=1S/C22H25N3O4/c1-15(23-22(28)29-14-16-8-4-3-5-9-16)20(26)24-19-18-11-7-6-10-17(18)12-13-25(2)21(19)27/h3-11,15,19H,12-14H2,1-2H3,(H,23,28)(H,24,26)/t15-,19-/m0/s1. The Morgan fingerprint density at radius 1 is 1.14 bits per heavy atom. The lowest BCUT2D eigenvalue weighted by Crippen LogP contribution is -2.49. The number of benzene rings is 2. The van der Waals surface area contributed by atoms with Crippen LogP contribution in [0, 0.1) is 0 Å². The van der Waals surface area contributed by atoms with Gasteiger partial charge in [-0.3, -0.25) is 9.59 Å². The third kappa shape index (κ3) is 5.13. The maximum atomic E-state index is 12.7. The quantitative estimate of drug-likeness (QED) is 0.812. The number of nitrogens with zero attached hydrogens (tertiary/aromatic N) is 1. The highest BCUT2D eigenvalue weighted by Crippen LogP contribution is 2.24. The van der Waals surface area contributed by atoms with Crippen molar-refractivity contribution in [1.82, 2.24) is 15.5 Å². The molecule has 7 nitrogen and oxygen atoms in total. The van der Waals surface area contributed by atoms with E-state index in [0.717, 1.165) is 23.1 Å². The molecule has 0 aromatic heterocycles. The smallest absolute Gasteiger partial charge is 0.408 e. The summed E-state index contributed by atoms with van der Waals surface area (Å²) in [6.45, 7) is 2.25. The molecule has 2 aromatic rings. The number of carbonyl (C=O) groups is 3. The van der Waals surface area contributed by atoms with Crippen LogP contribution >= 0.6 is 0 Å². The molecule has 0 fully saturated rings. The minimum Gasteiger partial charge on any atom is -0.445 e. The summed E-state index contributed by atoms with van der Waals surface area (Å²) in [4.78, 5) is 39.0. The van der Waals surface area contributed by atoms with E-state index in [-0.39, 0.29) is 12.5 Å². The molecule has 1 aliphatic heterocycles. The molecule has 2 atom stereocenters. The highest BCUT2D eigenvalue weighted by atomic mass is 16.5. The molecule has 0 spiro atoms. The maximum Gasteiger partial charge on any atom is 0.408 e. The van der Waals surface area contributed by atoms with Crippen LogP contribution in [0.25, 0.3) is 0 Å². The number of amides is 3. The lowest BCUT2D eigenvalue weighted by molar-refractivity contribution is -0.135. The summed E-state index contributed by atoms with van der Waals surface area (Å²) >= 11 is 0. The van der Waals surface area contributed by atoms with Gasteiger partial charge < -0.3 is 20.3 Å². The van der Waals surface area contributed by atoms with Crippen molar-refractivity contribution in [2.24, 2.45) is 0 Å². The Morgan fingerprint density at radius 3 is 2.59 bits per heavy atom. The van der Waals surface area contributed by atoms with E-state index < -0.39 is 24.1 Å². The number of ether oxygens (including phenoxy) is 1. The lowest BCUT2D eigenvalue weighted by Gasteiger charge is -2.23. The highest BCUT2D eigenvalue weighted by molar-refractivity contribution is 5.92. The first kappa shape index (κ1) is 20.4. The molecule has 2 aromatic carbocycles. The average molecular weight is 395 g/mol. The second-order valence-corrected chi connectivity index (χ2v) is 7.08. The topological polar surface area (TPSA) is 87.7 Å². The number of nitrogens with one attached hydrogen (secondary N) is 2. The summed E-state index contributed by atoms with van der Waals surface area (Å²) in [6, 6.07) is 15.2. The van der Waals surface area contributed by atoms with Gasteiger partial charge in [0.25, 0.3) is 0 Å². The van der Waals surface area contributed by atoms with Crippen molar-refractivity contribution in [3.63, 3.8) is 0 Å². The Hall–Kier alpha value is -3.35. The largest absolute Gasteiger partial charge is 0.445 e. The molecule has 0 aliphatic carbocycles. The SMILES string of the molecule is C[C@H](NC(=O)OCc1ccccc1)C(=O)N[C@@H]1C(=O)N(C)CCc2ccccc21. The van der Waals surface area contributed by atoms with Gasteiger partial charge in [0.2, 0.25) is 11.8 Å². The third-order valence-electron chi connectivity index (χ3n) is 4.93. The second kappa shape index (κ2) is 9.23. The van der Waals surface area contributed by atoms with Crippen molar-refractivity contribution >= 4 is 17.9 Å². The Labute approximate surface area is 170 Å². The van der Waals surface area contributed by atoms with E-state index in [2.05, 4.69) is 10.6 Å². The number of rotatable bonds is 5. The van der Waals surface area contributed by atoms with Gasteiger partial charge in [-0.25, -0.2) is 4.79 Å². The Morgan fingerprint density at radius 2 is 1.83 bits per heavy atom. The van der Waals surface area contributed by atoms with Crippen LogP contribution in [0.15, 0.2) is 54.6 Å². The van der Waals surface area contributed by atoms with E-state index in [1.54, 1.807) is 18.9 Å². The van der Waals surface area contributed by atoms with Crippen LogP contribution in [0.1, 0.15) is 29.7 Å². The first-order chi connectivity index (χ1) is 14.0. The van der Waals surface area contributed by atoms with Crippen LogP contribution in [0.3, 0.4) is 0 Å². The van der Waals surface area contributed by atoms with Gasteiger partial charge in [-0.15, -0.1) is 0 Å². The molecule has 7 heteroatoms. The number of fused-ring (bicyclic) bond motifs is 1. The normalized spacial score (nSPS) is 17.0. The lowest BCUT2D eigenvalue weighted by atomic mass is 9.99. The predicted molar refractivity (Wildman–Crippen MR) is 108 cm³/mol. The van der Waals surface area contributed by atoms with Gasteiger partial charge in [0.15, 0.2) is 0 Å². The van der Waals surface area contributed by atoms with E-state index >= 15 is 0 Å². The van der Waals surface area contributed by atoms with E-state index in [9.17, 15) is 14.4 Å². The summed E-state index contributed by atoms with van der Waals surface area (Å²) in [5, 5.41) is 5.28. The van der Waals surface area contributed by atoms with Crippen LogP contribution in [0.5, 0.6) is 0 Å². The number of hydrogen-bond acceptors (Lipinski definition) is 4. The van der Waals surface area contributed by atoms with Gasteiger partial charge in [0.05, 0.1) is 0 Å². The number of hydrogen-bond donors (Lipinski definition) is 2. The molecular formula is C22H25N3O4. The first-order valence-electron chi connectivity index (χ1n) is 9.56. The highest BCUT2D eigenvalue weighted by Gasteiger charge is 2.31. The van der Waals surface area contributed by atoms with Crippen LogP contribution in [0.4, 0.5) is 4.79 Å². The molecule has 1 heterocycles. The Balaban J connectivity index is 1.61. The number of alkyl carbamates (subject to hydrolysis) is 1. The average Bonchev–Trinajstić information content (AvgIpc) is 2.85. The van der Waals surface area contributed by atoms with Crippen LogP contribution < -0.4 is 10.6 Å². The Bertz CT molecular complexity index is 885. The van der Waals surface area contributed by atoms with Crippen molar-refractivity contribution in [3.8, 4) is 0 Å². The molecule has 0 unspecified atom stereocenters. The molecule has 29 heavy (non-hydrogen) atoms. The molecule has 0 bridgehead atoms. The summed E-state index contributed by atoms with van der Waals surface area (Å²) in [5.41, 5.74) is 2.66. The van der Waals surface area contributed by atoms with Crippen molar-refractivity contribution in [1.29, 1.82) is 0 Å². The third-order valence-corrected chi connectivity index (χ3v) is 4.93. The zero-order valence-electron chi connectivity index (χ0n) is 16.6. The van der Waals surface area contributed by atoms with E-state index in [1.165, 1.54) is 0 Å². The van der Waals surface area contributed by atoms with Crippen molar-refractivity contribution in [2.75, 3.05) is 13.6 Å². The van der Waals surface area contributed by atoms with Gasteiger partial charge in [-0.2, -0.15) is 0 Å². The van der Waals surface area contributed by atoms with E-state index in [1.807, 2.05) is 54.6 Å². The van der Waals surface area contributed by atoms with Crippen molar-refractivity contribution in [2.45, 2.75) is 32.0 Å². The molecule has 2 N–H and O–H groups in total. The van der Waals surface area contributed by atoms with Crippen LogP contribution in [0.2, 0.25) is 0 Å². The second-order valence-electron chi connectivity index (χ2n) is 7.08. The summed E-state index contributed by atoms with van der Waals surface area (Å²) in [5.74, 6) is -0.632. The maximum absolute atomic E-state index is 12.7. The fourth-order valence-corrected chi connectivity index (χ4v) is 3.21. The minimum atomic E-state index is -0.855. The molecule has 0 radical (unpaired) electrons. The molecular weight excluding hydrogens is 370 g/mol. The number of carbonyl (C=O) groups excluding carboxylic acids is 3. The molecule has 0 saturated carbocycles. The molecule has 3 rings (SSSR count). The fraction of sp³-hybridized carbons (Fsp3) is 0.318. The fourth-order valence-electron chi connectivity index (χ4n) is 3.21. The van der Waals surface area contributed by atoms with Gasteiger partial charge in [-0.1, -0.05) is 54.6 Å². The van der Waals surface area contributed by atoms with Gasteiger partial charge in [0.1, 0.15) is 18.7 Å². The Kier molecular flexibility index (Phi) is 6.49. The van der Waals surface area contributed by atoms with Crippen molar-refractivity contribution in [3.05, 3.63) is 71.3 Å². The van der Waals surface area contributed by atoms with Gasteiger partial charge in [0, 0.05) is 13.6 Å². The summed E-state index contributed by atoms with van der Waals surface area (Å²) in [7, 11) is 1.72. The van der Waals surface area contributed by atoms with Gasteiger partial charge in [-0.05, 0) is 30.0 Å². The first-order valence-corrected chi connectivity index (χ1v) is 9.56.